The number of aliphatic carboxylic acids is 1. The molecule has 1 atom stereocenters. The van der Waals surface area contributed by atoms with E-state index in [2.05, 4.69) is 26.1 Å². The topological polar surface area (TPSA) is 49.3 Å². The van der Waals surface area contributed by atoms with Crippen LogP contribution in [0.25, 0.3) is 0 Å². The van der Waals surface area contributed by atoms with Gasteiger partial charge in [-0.2, -0.15) is 0 Å². The zero-order chi connectivity index (χ0) is 16.9. The van der Waals surface area contributed by atoms with Crippen LogP contribution in [0.15, 0.2) is 30.3 Å². The zero-order valence-corrected chi connectivity index (χ0v) is 14.7. The average molecular weight is 317 g/mol. The molecule has 0 spiro atoms. The van der Waals surface area contributed by atoms with Gasteiger partial charge in [0, 0.05) is 0 Å². The summed E-state index contributed by atoms with van der Waals surface area (Å²) in [6.07, 6.45) is 5.52. The standard InChI is InChI=1S/C20H31NO2/c1-20(2,3)17-11-9-16(10-12-17)14-21-18(19(22)23)13-15-7-5-4-6-8-15/h4-8,16-18,21H,9-14H2,1-3H3,(H,22,23)/t16?,17?,18-/m1/s1. The fraction of sp³-hybridized carbons (Fsp3) is 0.650. The minimum atomic E-state index is -0.753. The number of rotatable bonds is 6. The molecule has 3 nitrogen and oxygen atoms in total. The van der Waals surface area contributed by atoms with Gasteiger partial charge in [0.2, 0.25) is 0 Å². The Morgan fingerprint density at radius 1 is 1.17 bits per heavy atom. The first-order chi connectivity index (χ1) is 10.9. The van der Waals surface area contributed by atoms with E-state index < -0.39 is 12.0 Å². The Kier molecular flexibility index (Phi) is 6.23. The van der Waals surface area contributed by atoms with Crippen molar-refractivity contribution in [1.29, 1.82) is 0 Å². The van der Waals surface area contributed by atoms with Gasteiger partial charge in [0.15, 0.2) is 0 Å². The Morgan fingerprint density at radius 3 is 2.30 bits per heavy atom. The van der Waals surface area contributed by atoms with Crippen molar-refractivity contribution in [2.75, 3.05) is 6.54 Å². The Bertz CT molecular complexity index is 484. The molecule has 1 aromatic rings. The number of hydrogen-bond acceptors (Lipinski definition) is 2. The van der Waals surface area contributed by atoms with Crippen LogP contribution in [0.2, 0.25) is 0 Å². The lowest BCUT2D eigenvalue weighted by molar-refractivity contribution is -0.139. The molecular weight excluding hydrogens is 286 g/mol. The van der Waals surface area contributed by atoms with Crippen LogP contribution >= 0.6 is 0 Å². The molecule has 0 bridgehead atoms. The summed E-state index contributed by atoms with van der Waals surface area (Å²) in [7, 11) is 0. The molecule has 0 aliphatic heterocycles. The molecule has 1 aliphatic rings. The van der Waals surface area contributed by atoms with Crippen LogP contribution in [-0.4, -0.2) is 23.7 Å². The van der Waals surface area contributed by atoms with Crippen molar-refractivity contribution in [3.05, 3.63) is 35.9 Å². The van der Waals surface area contributed by atoms with E-state index in [1.807, 2.05) is 30.3 Å². The summed E-state index contributed by atoms with van der Waals surface area (Å²) < 4.78 is 0. The minimum absolute atomic E-state index is 0.398. The quantitative estimate of drug-likeness (QED) is 0.829. The van der Waals surface area contributed by atoms with E-state index >= 15 is 0 Å². The monoisotopic (exact) mass is 317 g/mol. The van der Waals surface area contributed by atoms with Gasteiger partial charge in [0.1, 0.15) is 6.04 Å². The summed E-state index contributed by atoms with van der Waals surface area (Å²) in [5.41, 5.74) is 1.47. The lowest BCUT2D eigenvalue weighted by Crippen LogP contribution is -2.42. The summed E-state index contributed by atoms with van der Waals surface area (Å²) in [4.78, 5) is 11.5. The first-order valence-electron chi connectivity index (χ1n) is 8.86. The van der Waals surface area contributed by atoms with Crippen LogP contribution in [0.5, 0.6) is 0 Å². The van der Waals surface area contributed by atoms with Gasteiger partial charge in [-0.05, 0) is 61.5 Å². The number of carbonyl (C=O) groups is 1. The molecule has 0 heterocycles. The average Bonchev–Trinajstić information content (AvgIpc) is 2.51. The van der Waals surface area contributed by atoms with Crippen molar-refractivity contribution >= 4 is 5.97 Å². The van der Waals surface area contributed by atoms with Crippen molar-refractivity contribution in [2.24, 2.45) is 17.3 Å². The van der Waals surface area contributed by atoms with E-state index in [9.17, 15) is 9.90 Å². The van der Waals surface area contributed by atoms with E-state index in [4.69, 9.17) is 0 Å². The highest BCUT2D eigenvalue weighted by atomic mass is 16.4. The van der Waals surface area contributed by atoms with Gasteiger partial charge in [-0.3, -0.25) is 4.79 Å². The maximum atomic E-state index is 11.5. The number of benzene rings is 1. The Balaban J connectivity index is 1.80. The molecule has 0 amide bonds. The smallest absolute Gasteiger partial charge is 0.321 e. The molecule has 0 aromatic heterocycles. The van der Waals surface area contributed by atoms with Crippen molar-refractivity contribution in [2.45, 2.75) is 58.9 Å². The second kappa shape index (κ2) is 7.96. The zero-order valence-electron chi connectivity index (χ0n) is 14.7. The molecule has 1 fully saturated rings. The van der Waals surface area contributed by atoms with Gasteiger partial charge in [-0.15, -0.1) is 0 Å². The lowest BCUT2D eigenvalue weighted by Gasteiger charge is -2.37. The van der Waals surface area contributed by atoms with Crippen molar-refractivity contribution in [1.82, 2.24) is 5.32 Å². The van der Waals surface area contributed by atoms with E-state index in [1.54, 1.807) is 0 Å². The molecule has 1 aromatic carbocycles. The molecular formula is C20H31NO2. The largest absolute Gasteiger partial charge is 0.480 e. The Morgan fingerprint density at radius 2 is 1.78 bits per heavy atom. The summed E-state index contributed by atoms with van der Waals surface area (Å²) in [6, 6.07) is 9.38. The maximum absolute atomic E-state index is 11.5. The normalized spacial score (nSPS) is 23.4. The van der Waals surface area contributed by atoms with Crippen molar-refractivity contribution in [3.63, 3.8) is 0 Å². The summed E-state index contributed by atoms with van der Waals surface area (Å²) in [5, 5.41) is 12.7. The van der Waals surface area contributed by atoms with Crippen LogP contribution in [0.4, 0.5) is 0 Å². The Hall–Kier alpha value is -1.35. The first-order valence-corrected chi connectivity index (χ1v) is 8.86. The van der Waals surface area contributed by atoms with Crippen LogP contribution in [0.3, 0.4) is 0 Å². The lowest BCUT2D eigenvalue weighted by atomic mass is 9.70. The van der Waals surface area contributed by atoms with Crippen LogP contribution in [0, 0.1) is 17.3 Å². The molecule has 0 radical (unpaired) electrons. The molecule has 3 heteroatoms. The van der Waals surface area contributed by atoms with E-state index in [0.29, 0.717) is 17.8 Å². The SMILES string of the molecule is CC(C)(C)C1CCC(CN[C@H](Cc2ccccc2)C(=O)O)CC1. The predicted molar refractivity (Wildman–Crippen MR) is 94.5 cm³/mol. The first kappa shape index (κ1) is 18.0. The van der Waals surface area contributed by atoms with E-state index in [1.165, 1.54) is 25.7 Å². The minimum Gasteiger partial charge on any atom is -0.480 e. The van der Waals surface area contributed by atoms with Gasteiger partial charge in [-0.1, -0.05) is 51.1 Å². The summed E-state index contributed by atoms with van der Waals surface area (Å²) >= 11 is 0. The van der Waals surface area contributed by atoms with Crippen LogP contribution in [-0.2, 0) is 11.2 Å². The fourth-order valence-electron chi connectivity index (χ4n) is 3.64. The fourth-order valence-corrected chi connectivity index (χ4v) is 3.64. The summed E-state index contributed by atoms with van der Waals surface area (Å²) in [5.74, 6) is 0.668. The van der Waals surface area contributed by atoms with Gasteiger partial charge < -0.3 is 10.4 Å². The molecule has 23 heavy (non-hydrogen) atoms. The second-order valence-corrected chi connectivity index (χ2v) is 8.07. The van der Waals surface area contributed by atoms with E-state index in [-0.39, 0.29) is 0 Å². The molecule has 2 rings (SSSR count). The molecule has 1 aliphatic carbocycles. The van der Waals surface area contributed by atoms with Crippen LogP contribution in [0.1, 0.15) is 52.0 Å². The highest BCUT2D eigenvalue weighted by Gasteiger charge is 2.30. The third-order valence-corrected chi connectivity index (χ3v) is 5.31. The van der Waals surface area contributed by atoms with Gasteiger partial charge in [0.25, 0.3) is 0 Å². The van der Waals surface area contributed by atoms with Crippen LogP contribution < -0.4 is 5.32 Å². The van der Waals surface area contributed by atoms with Gasteiger partial charge >= 0.3 is 5.97 Å². The van der Waals surface area contributed by atoms with E-state index in [0.717, 1.165) is 18.0 Å². The molecule has 2 N–H and O–H groups in total. The third-order valence-electron chi connectivity index (χ3n) is 5.31. The maximum Gasteiger partial charge on any atom is 0.321 e. The highest BCUT2D eigenvalue weighted by Crippen LogP contribution is 2.39. The molecule has 1 saturated carbocycles. The summed E-state index contributed by atoms with van der Waals surface area (Å²) in [6.45, 7) is 7.81. The number of hydrogen-bond donors (Lipinski definition) is 2. The molecule has 0 unspecified atom stereocenters. The third kappa shape index (κ3) is 5.65. The number of nitrogens with one attached hydrogen (secondary N) is 1. The van der Waals surface area contributed by atoms with Crippen molar-refractivity contribution < 1.29 is 9.90 Å². The predicted octanol–water partition coefficient (Wildman–Crippen LogP) is 4.12. The second-order valence-electron chi connectivity index (χ2n) is 8.07. The number of carboxylic acid groups (broad SMARTS) is 1. The van der Waals surface area contributed by atoms with Gasteiger partial charge in [-0.25, -0.2) is 0 Å². The van der Waals surface area contributed by atoms with Gasteiger partial charge in [0.05, 0.1) is 0 Å². The molecule has 0 saturated heterocycles. The Labute approximate surface area is 140 Å². The van der Waals surface area contributed by atoms with Crippen molar-refractivity contribution in [3.8, 4) is 0 Å². The highest BCUT2D eigenvalue weighted by molar-refractivity contribution is 5.73. The number of carboxylic acids is 1. The molecule has 128 valence electrons.